The molecular formula is C13H18N4OS. The molecule has 0 amide bonds. The van der Waals surface area contributed by atoms with E-state index < -0.39 is 0 Å². The Kier molecular flexibility index (Phi) is 3.52. The van der Waals surface area contributed by atoms with Gasteiger partial charge in [-0.15, -0.1) is 11.3 Å². The molecule has 6 heteroatoms. The van der Waals surface area contributed by atoms with Crippen LogP contribution in [-0.4, -0.2) is 42.8 Å². The molecule has 1 N–H and O–H groups in total. The maximum Gasteiger partial charge on any atom is 0.225 e. The molecule has 1 aliphatic heterocycles. The molecule has 3 heterocycles. The molecule has 1 fully saturated rings. The Morgan fingerprint density at radius 3 is 3.21 bits per heavy atom. The van der Waals surface area contributed by atoms with Crippen LogP contribution in [0.4, 0.5) is 11.8 Å². The van der Waals surface area contributed by atoms with Crippen LogP contribution in [0.25, 0.3) is 10.2 Å². The predicted molar refractivity (Wildman–Crippen MR) is 79.2 cm³/mol. The Balaban J connectivity index is 2.04. The van der Waals surface area contributed by atoms with Crippen molar-refractivity contribution in [2.24, 2.45) is 0 Å². The molecule has 19 heavy (non-hydrogen) atoms. The summed E-state index contributed by atoms with van der Waals surface area (Å²) in [4.78, 5) is 12.5. The summed E-state index contributed by atoms with van der Waals surface area (Å²) in [6, 6.07) is 2.10. The molecule has 0 spiro atoms. The minimum atomic E-state index is 0.240. The Morgan fingerprint density at radius 2 is 2.37 bits per heavy atom. The van der Waals surface area contributed by atoms with Crippen molar-refractivity contribution >= 4 is 33.3 Å². The van der Waals surface area contributed by atoms with E-state index in [-0.39, 0.29) is 6.10 Å². The number of aromatic nitrogens is 2. The van der Waals surface area contributed by atoms with E-state index in [1.54, 1.807) is 11.3 Å². The number of fused-ring (bicyclic) bond motifs is 1. The second-order valence-electron chi connectivity index (χ2n) is 4.74. The van der Waals surface area contributed by atoms with E-state index >= 15 is 0 Å². The van der Waals surface area contributed by atoms with Gasteiger partial charge in [-0.05, 0) is 24.8 Å². The summed E-state index contributed by atoms with van der Waals surface area (Å²) in [5, 5.41) is 6.25. The van der Waals surface area contributed by atoms with Gasteiger partial charge < -0.3 is 15.0 Å². The van der Waals surface area contributed by atoms with E-state index in [0.29, 0.717) is 5.95 Å². The zero-order valence-corrected chi connectivity index (χ0v) is 12.0. The monoisotopic (exact) mass is 278 g/mol. The summed E-state index contributed by atoms with van der Waals surface area (Å²) in [6.45, 7) is 4.80. The third kappa shape index (κ3) is 2.50. The van der Waals surface area contributed by atoms with Crippen LogP contribution in [0, 0.1) is 0 Å². The second-order valence-corrected chi connectivity index (χ2v) is 5.64. The Morgan fingerprint density at radius 1 is 1.47 bits per heavy atom. The number of nitrogens with one attached hydrogen (secondary N) is 1. The second kappa shape index (κ2) is 5.30. The van der Waals surface area contributed by atoms with Crippen LogP contribution in [0.5, 0.6) is 0 Å². The van der Waals surface area contributed by atoms with Gasteiger partial charge in [0.25, 0.3) is 0 Å². The third-order valence-corrected chi connectivity index (χ3v) is 4.09. The summed E-state index contributed by atoms with van der Waals surface area (Å²) in [7, 11) is 1.85. The minimum Gasteiger partial charge on any atom is -0.377 e. The van der Waals surface area contributed by atoms with Gasteiger partial charge in [0.15, 0.2) is 0 Å². The lowest BCUT2D eigenvalue weighted by molar-refractivity contribution is 0.0820. The van der Waals surface area contributed by atoms with Crippen LogP contribution >= 0.6 is 11.3 Å². The normalized spacial score (nSPS) is 20.5. The van der Waals surface area contributed by atoms with Crippen molar-refractivity contribution in [1.29, 1.82) is 0 Å². The summed E-state index contributed by atoms with van der Waals surface area (Å²) in [5.41, 5.74) is 0. The first-order valence-corrected chi connectivity index (χ1v) is 7.45. The quantitative estimate of drug-likeness (QED) is 0.914. The van der Waals surface area contributed by atoms with Crippen LogP contribution in [0.1, 0.15) is 13.3 Å². The van der Waals surface area contributed by atoms with Gasteiger partial charge in [-0.25, -0.2) is 4.98 Å². The molecular weight excluding hydrogens is 260 g/mol. The molecule has 5 nitrogen and oxygen atoms in total. The lowest BCUT2D eigenvalue weighted by Gasteiger charge is -2.24. The summed E-state index contributed by atoms with van der Waals surface area (Å²) in [6.07, 6.45) is 1.28. The fourth-order valence-electron chi connectivity index (χ4n) is 2.38. The fourth-order valence-corrected chi connectivity index (χ4v) is 3.14. The summed E-state index contributed by atoms with van der Waals surface area (Å²) < 4.78 is 5.71. The molecule has 0 aliphatic carbocycles. The molecule has 1 unspecified atom stereocenters. The van der Waals surface area contributed by atoms with E-state index in [9.17, 15) is 0 Å². The van der Waals surface area contributed by atoms with Crippen LogP contribution in [0.2, 0.25) is 0 Å². The number of ether oxygens (including phenoxy) is 1. The first-order chi connectivity index (χ1) is 9.28. The van der Waals surface area contributed by atoms with Crippen molar-refractivity contribution < 1.29 is 4.74 Å². The summed E-state index contributed by atoms with van der Waals surface area (Å²) in [5.74, 6) is 1.70. The Labute approximate surface area is 116 Å². The largest absolute Gasteiger partial charge is 0.377 e. The Hall–Kier alpha value is -1.40. The van der Waals surface area contributed by atoms with Gasteiger partial charge in [-0.3, -0.25) is 0 Å². The molecule has 0 bridgehead atoms. The van der Waals surface area contributed by atoms with Crippen molar-refractivity contribution in [1.82, 2.24) is 9.97 Å². The van der Waals surface area contributed by atoms with Crippen molar-refractivity contribution in [3.05, 3.63) is 11.4 Å². The van der Waals surface area contributed by atoms with E-state index in [1.165, 1.54) is 0 Å². The molecule has 1 aliphatic rings. The van der Waals surface area contributed by atoms with Gasteiger partial charge >= 0.3 is 0 Å². The van der Waals surface area contributed by atoms with E-state index in [4.69, 9.17) is 4.74 Å². The molecule has 2 aromatic rings. The predicted octanol–water partition coefficient (Wildman–Crippen LogP) is 2.35. The minimum absolute atomic E-state index is 0.240. The number of hydrogen-bond acceptors (Lipinski definition) is 6. The van der Waals surface area contributed by atoms with Crippen molar-refractivity contribution in [3.8, 4) is 0 Å². The summed E-state index contributed by atoms with van der Waals surface area (Å²) >= 11 is 1.65. The van der Waals surface area contributed by atoms with Crippen molar-refractivity contribution in [3.63, 3.8) is 0 Å². The highest BCUT2D eigenvalue weighted by atomic mass is 32.1. The number of hydrogen-bond donors (Lipinski definition) is 1. The van der Waals surface area contributed by atoms with Crippen molar-refractivity contribution in [2.45, 2.75) is 19.4 Å². The van der Waals surface area contributed by atoms with E-state index in [1.807, 2.05) is 7.05 Å². The Bertz CT molecular complexity index is 571. The van der Waals surface area contributed by atoms with Crippen LogP contribution in [0.3, 0.4) is 0 Å². The number of anilines is 2. The van der Waals surface area contributed by atoms with Gasteiger partial charge in [0.1, 0.15) is 10.6 Å². The lowest BCUT2D eigenvalue weighted by atomic mass is 10.3. The zero-order chi connectivity index (χ0) is 13.2. The van der Waals surface area contributed by atoms with Gasteiger partial charge in [0, 0.05) is 26.7 Å². The van der Waals surface area contributed by atoms with Crippen LogP contribution in [-0.2, 0) is 4.74 Å². The first kappa shape index (κ1) is 12.6. The number of thiophene rings is 1. The van der Waals surface area contributed by atoms with Crippen LogP contribution in [0.15, 0.2) is 11.4 Å². The van der Waals surface area contributed by atoms with Gasteiger partial charge in [0.2, 0.25) is 5.95 Å². The standard InChI is InChI=1S/C13H18N4OS/c1-9-8-17(5-3-6-18-9)11-10-4-7-19-12(10)16-13(14-2)15-11/h4,7,9H,3,5-6,8H2,1-2H3,(H,14,15,16). The molecule has 1 atom stereocenters. The zero-order valence-electron chi connectivity index (χ0n) is 11.2. The SMILES string of the molecule is CNc1nc(N2CCCOC(C)C2)c2ccsc2n1. The molecule has 3 rings (SSSR count). The van der Waals surface area contributed by atoms with Crippen molar-refractivity contribution in [2.75, 3.05) is 37.0 Å². The number of rotatable bonds is 2. The smallest absolute Gasteiger partial charge is 0.225 e. The number of nitrogens with zero attached hydrogens (tertiary/aromatic N) is 3. The van der Waals surface area contributed by atoms with Gasteiger partial charge in [-0.2, -0.15) is 4.98 Å². The van der Waals surface area contributed by atoms with E-state index in [2.05, 4.69) is 38.6 Å². The first-order valence-electron chi connectivity index (χ1n) is 6.57. The maximum absolute atomic E-state index is 5.71. The average Bonchev–Trinajstić information content (AvgIpc) is 2.79. The van der Waals surface area contributed by atoms with Crippen LogP contribution < -0.4 is 10.2 Å². The molecule has 0 radical (unpaired) electrons. The molecule has 2 aromatic heterocycles. The highest BCUT2D eigenvalue weighted by molar-refractivity contribution is 7.16. The van der Waals surface area contributed by atoms with E-state index in [0.717, 1.165) is 42.2 Å². The fraction of sp³-hybridized carbons (Fsp3) is 0.538. The topological polar surface area (TPSA) is 50.3 Å². The van der Waals surface area contributed by atoms with Gasteiger partial charge in [0.05, 0.1) is 11.5 Å². The highest BCUT2D eigenvalue weighted by Gasteiger charge is 2.20. The maximum atomic E-state index is 5.71. The molecule has 1 saturated heterocycles. The third-order valence-electron chi connectivity index (χ3n) is 3.28. The highest BCUT2D eigenvalue weighted by Crippen LogP contribution is 2.29. The molecule has 102 valence electrons. The molecule has 0 aromatic carbocycles. The molecule has 0 saturated carbocycles. The average molecular weight is 278 g/mol. The van der Waals surface area contributed by atoms with Gasteiger partial charge in [-0.1, -0.05) is 0 Å². The lowest BCUT2D eigenvalue weighted by Crippen LogP contribution is -2.31.